The maximum Gasteiger partial charge on any atom is 0.416 e. The Bertz CT molecular complexity index is 695. The molecule has 24 heavy (non-hydrogen) atoms. The zero-order valence-corrected chi connectivity index (χ0v) is 12.8. The normalized spacial score (nSPS) is 12.0. The molecule has 0 unspecified atom stereocenters. The van der Waals surface area contributed by atoms with Gasteiger partial charge in [-0.25, -0.2) is 0 Å². The zero-order chi connectivity index (χ0) is 18.5. The topological polar surface area (TPSA) is 86.5 Å². The maximum atomic E-state index is 12.7. The quantitative estimate of drug-likeness (QED) is 0.143. The van der Waals surface area contributed by atoms with E-state index >= 15 is 0 Å². The fourth-order valence-electron chi connectivity index (χ4n) is 1.80. The Hall–Kier alpha value is -2.71. The van der Waals surface area contributed by atoms with Gasteiger partial charge >= 0.3 is 6.18 Å². The highest BCUT2D eigenvalue weighted by atomic mass is 19.4. The van der Waals surface area contributed by atoms with Crippen LogP contribution in [-0.4, -0.2) is 23.1 Å². The summed E-state index contributed by atoms with van der Waals surface area (Å²) in [6, 6.07) is 1.50. The van der Waals surface area contributed by atoms with Crippen LogP contribution in [0.4, 0.5) is 18.9 Å². The predicted molar refractivity (Wildman–Crippen MR) is 77.4 cm³/mol. The lowest BCUT2D eigenvalue weighted by atomic mass is 9.97. The van der Waals surface area contributed by atoms with Gasteiger partial charge in [-0.1, -0.05) is 6.92 Å². The van der Waals surface area contributed by atoms with E-state index in [2.05, 4.69) is 0 Å². The van der Waals surface area contributed by atoms with Crippen molar-refractivity contribution in [2.24, 2.45) is 0 Å². The highest BCUT2D eigenvalue weighted by Gasteiger charge is 2.35. The molecular formula is C15H14F3NO5. The molecule has 0 fully saturated rings. The Morgan fingerprint density at radius 1 is 1.29 bits per heavy atom. The highest BCUT2D eigenvalue weighted by molar-refractivity contribution is 6.27. The number of nitro groups is 1. The maximum absolute atomic E-state index is 12.7. The lowest BCUT2D eigenvalue weighted by Gasteiger charge is -2.09. The molecule has 0 heterocycles. The van der Waals surface area contributed by atoms with Gasteiger partial charge in [0.2, 0.25) is 5.78 Å². The van der Waals surface area contributed by atoms with Crippen LogP contribution >= 0.6 is 0 Å². The number of carbonyl (C=O) groups excluding carboxylic acids is 2. The first-order chi connectivity index (χ1) is 11.1. The monoisotopic (exact) mass is 345 g/mol. The number of ether oxygens (including phenoxy) is 1. The summed E-state index contributed by atoms with van der Waals surface area (Å²) in [5.74, 6) is -1.70. The number of nitrogens with zero attached hydrogens (tertiary/aromatic N) is 1. The second-order valence-electron chi connectivity index (χ2n) is 4.58. The van der Waals surface area contributed by atoms with Crippen LogP contribution in [-0.2, 0) is 15.7 Å². The standard InChI is InChI=1S/C15H14F3NO5/c1-3-13(20)11(8-24-4-2)14(21)10-6-5-9(15(16,17)18)7-12(10)19(22)23/h5-8H,3-4H2,1-2H3. The molecule has 0 saturated carbocycles. The molecule has 0 bridgehead atoms. The van der Waals surface area contributed by atoms with Gasteiger partial charge in [-0.05, 0) is 19.1 Å². The van der Waals surface area contributed by atoms with Gasteiger partial charge in [-0.15, -0.1) is 0 Å². The number of benzene rings is 1. The number of rotatable bonds is 7. The van der Waals surface area contributed by atoms with Crippen LogP contribution < -0.4 is 0 Å². The molecule has 1 rings (SSSR count). The van der Waals surface area contributed by atoms with Gasteiger partial charge in [-0.3, -0.25) is 19.7 Å². The molecule has 0 radical (unpaired) electrons. The van der Waals surface area contributed by atoms with E-state index in [-0.39, 0.29) is 19.1 Å². The fourth-order valence-corrected chi connectivity index (χ4v) is 1.80. The van der Waals surface area contributed by atoms with E-state index in [0.29, 0.717) is 12.1 Å². The van der Waals surface area contributed by atoms with E-state index in [1.165, 1.54) is 6.92 Å². The second-order valence-corrected chi connectivity index (χ2v) is 4.58. The number of carbonyl (C=O) groups is 2. The van der Waals surface area contributed by atoms with Gasteiger partial charge < -0.3 is 4.74 Å². The Kier molecular flexibility index (Phi) is 6.21. The Morgan fingerprint density at radius 2 is 1.92 bits per heavy atom. The number of hydrogen-bond donors (Lipinski definition) is 0. The number of alkyl halides is 3. The summed E-state index contributed by atoms with van der Waals surface area (Å²) in [6.45, 7) is 3.20. The average molecular weight is 345 g/mol. The van der Waals surface area contributed by atoms with Gasteiger partial charge in [0, 0.05) is 12.5 Å². The van der Waals surface area contributed by atoms with Gasteiger partial charge in [0.15, 0.2) is 5.78 Å². The molecule has 1 aromatic rings. The summed E-state index contributed by atoms with van der Waals surface area (Å²) in [4.78, 5) is 34.1. The summed E-state index contributed by atoms with van der Waals surface area (Å²) in [6.07, 6.45) is -4.00. The third-order valence-electron chi connectivity index (χ3n) is 3.00. The van der Waals surface area contributed by atoms with Crippen molar-refractivity contribution in [3.63, 3.8) is 0 Å². The van der Waals surface area contributed by atoms with Crippen LogP contribution in [0, 0.1) is 10.1 Å². The average Bonchev–Trinajstić information content (AvgIpc) is 2.53. The van der Waals surface area contributed by atoms with Crippen molar-refractivity contribution in [2.75, 3.05) is 6.61 Å². The summed E-state index contributed by atoms with van der Waals surface area (Å²) in [5.41, 5.74) is -3.35. The first-order valence-electron chi connectivity index (χ1n) is 6.88. The van der Waals surface area contributed by atoms with Crippen molar-refractivity contribution in [2.45, 2.75) is 26.4 Å². The fraction of sp³-hybridized carbons (Fsp3) is 0.333. The van der Waals surface area contributed by atoms with E-state index in [4.69, 9.17) is 4.74 Å². The smallest absolute Gasteiger partial charge is 0.416 e. The molecular weight excluding hydrogens is 331 g/mol. The van der Waals surface area contributed by atoms with Gasteiger partial charge in [0.1, 0.15) is 11.1 Å². The van der Waals surface area contributed by atoms with Crippen LogP contribution in [0.3, 0.4) is 0 Å². The molecule has 0 aliphatic heterocycles. The van der Waals surface area contributed by atoms with Crippen LogP contribution in [0.1, 0.15) is 36.2 Å². The highest BCUT2D eigenvalue weighted by Crippen LogP contribution is 2.33. The molecule has 0 atom stereocenters. The number of allylic oxidation sites excluding steroid dienone is 1. The molecule has 0 amide bonds. The van der Waals surface area contributed by atoms with Crippen LogP contribution in [0.2, 0.25) is 0 Å². The van der Waals surface area contributed by atoms with Crippen molar-refractivity contribution in [3.8, 4) is 0 Å². The largest absolute Gasteiger partial charge is 0.501 e. The van der Waals surface area contributed by atoms with Crippen LogP contribution in [0.15, 0.2) is 30.0 Å². The molecule has 0 aliphatic rings. The van der Waals surface area contributed by atoms with Crippen molar-refractivity contribution in [1.29, 1.82) is 0 Å². The molecule has 6 nitrogen and oxygen atoms in total. The van der Waals surface area contributed by atoms with E-state index in [0.717, 1.165) is 6.26 Å². The molecule has 1 aromatic carbocycles. The first kappa shape index (κ1) is 19.3. The minimum absolute atomic E-state index is 0.0704. The minimum atomic E-state index is -4.80. The summed E-state index contributed by atoms with van der Waals surface area (Å²) >= 11 is 0. The van der Waals surface area contributed by atoms with E-state index in [1.807, 2.05) is 0 Å². The van der Waals surface area contributed by atoms with Crippen LogP contribution in [0.5, 0.6) is 0 Å². The summed E-state index contributed by atoms with van der Waals surface area (Å²) < 4.78 is 42.9. The lowest BCUT2D eigenvalue weighted by molar-refractivity contribution is -0.385. The number of halogens is 3. The molecule has 9 heteroatoms. The molecule has 0 aromatic heterocycles. The number of ketones is 2. The second kappa shape index (κ2) is 7.71. The SMILES string of the molecule is CCOC=C(C(=O)CC)C(=O)c1ccc(C(F)(F)F)cc1[N+](=O)[O-]. The number of hydrogen-bond acceptors (Lipinski definition) is 5. The molecule has 0 aliphatic carbocycles. The van der Waals surface area contributed by atoms with Crippen molar-refractivity contribution in [3.05, 3.63) is 51.3 Å². The van der Waals surface area contributed by atoms with Gasteiger partial charge in [0.25, 0.3) is 5.69 Å². The third-order valence-corrected chi connectivity index (χ3v) is 3.00. The molecule has 0 spiro atoms. The first-order valence-corrected chi connectivity index (χ1v) is 6.88. The number of Topliss-reactive ketones (excluding diaryl/α,β-unsaturated/α-hetero) is 2. The van der Waals surface area contributed by atoms with E-state index < -0.39 is 45.1 Å². The zero-order valence-electron chi connectivity index (χ0n) is 12.8. The van der Waals surface area contributed by atoms with Gasteiger partial charge in [-0.2, -0.15) is 13.2 Å². The minimum Gasteiger partial charge on any atom is -0.501 e. The molecule has 130 valence electrons. The summed E-state index contributed by atoms with van der Waals surface area (Å²) in [7, 11) is 0. The van der Waals surface area contributed by atoms with Crippen molar-refractivity contribution in [1.82, 2.24) is 0 Å². The number of nitro benzene ring substituents is 1. The van der Waals surface area contributed by atoms with Crippen molar-refractivity contribution >= 4 is 17.3 Å². The Balaban J connectivity index is 3.45. The van der Waals surface area contributed by atoms with E-state index in [1.54, 1.807) is 6.92 Å². The van der Waals surface area contributed by atoms with Gasteiger partial charge in [0.05, 0.1) is 23.4 Å². The third kappa shape index (κ3) is 4.40. The molecule has 0 N–H and O–H groups in total. The Morgan fingerprint density at radius 3 is 2.38 bits per heavy atom. The van der Waals surface area contributed by atoms with E-state index in [9.17, 15) is 32.9 Å². The lowest BCUT2D eigenvalue weighted by Crippen LogP contribution is -2.16. The molecule has 0 saturated heterocycles. The predicted octanol–water partition coefficient (Wildman–Crippen LogP) is 3.70. The van der Waals surface area contributed by atoms with Crippen molar-refractivity contribution < 1.29 is 32.4 Å². The Labute approximate surface area is 135 Å². The van der Waals surface area contributed by atoms with Crippen LogP contribution in [0.25, 0.3) is 0 Å². The summed E-state index contributed by atoms with van der Waals surface area (Å²) in [5, 5.41) is 11.0.